The Kier molecular flexibility index (Phi) is 4.04. The van der Waals surface area contributed by atoms with Crippen LogP contribution in [0.4, 0.5) is 0 Å². The van der Waals surface area contributed by atoms with Crippen LogP contribution < -0.4 is 5.32 Å². The molecule has 1 fully saturated rings. The molecule has 1 aromatic carbocycles. The number of hydrogen-bond acceptors (Lipinski definition) is 3. The zero-order valence-electron chi connectivity index (χ0n) is 12.3. The monoisotopic (exact) mass is 284 g/mol. The number of nitrogens with zero attached hydrogens (tertiary/aromatic N) is 1. The summed E-state index contributed by atoms with van der Waals surface area (Å²) in [6, 6.07) is 9.99. The fourth-order valence-electron chi connectivity index (χ4n) is 2.75. The Morgan fingerprint density at radius 3 is 2.62 bits per heavy atom. The summed E-state index contributed by atoms with van der Waals surface area (Å²) in [6.45, 7) is 2.04. The molecule has 1 amide bonds. The standard InChI is InChI=1S/C17H20N2O2/c1-12-7-9-13(10-8-12)15-11-16(21-19-15)17(20)18-14-5-3-2-4-6-14/h7-11,14H,2-6H2,1H3,(H,18,20). The van der Waals surface area contributed by atoms with E-state index in [2.05, 4.69) is 10.5 Å². The lowest BCUT2D eigenvalue weighted by Crippen LogP contribution is -2.35. The van der Waals surface area contributed by atoms with Crippen LogP contribution in [0, 0.1) is 6.92 Å². The van der Waals surface area contributed by atoms with Gasteiger partial charge < -0.3 is 9.84 Å². The lowest BCUT2D eigenvalue weighted by atomic mass is 9.95. The van der Waals surface area contributed by atoms with Gasteiger partial charge in [-0.05, 0) is 19.8 Å². The summed E-state index contributed by atoms with van der Waals surface area (Å²) in [7, 11) is 0. The molecular formula is C17H20N2O2. The van der Waals surface area contributed by atoms with E-state index in [0.29, 0.717) is 5.69 Å². The number of carbonyl (C=O) groups excluding carboxylic acids is 1. The van der Waals surface area contributed by atoms with Crippen LogP contribution in [-0.2, 0) is 0 Å². The minimum atomic E-state index is -0.159. The predicted molar refractivity (Wildman–Crippen MR) is 81.0 cm³/mol. The highest BCUT2D eigenvalue weighted by atomic mass is 16.5. The number of aryl methyl sites for hydroxylation is 1. The SMILES string of the molecule is Cc1ccc(-c2cc(C(=O)NC3CCCCC3)on2)cc1. The van der Waals surface area contributed by atoms with Crippen molar-refractivity contribution in [3.8, 4) is 11.3 Å². The van der Waals surface area contributed by atoms with Crippen molar-refractivity contribution in [1.82, 2.24) is 10.5 Å². The van der Waals surface area contributed by atoms with Crippen LogP contribution in [0.15, 0.2) is 34.9 Å². The largest absolute Gasteiger partial charge is 0.350 e. The maximum absolute atomic E-state index is 12.2. The molecule has 0 saturated heterocycles. The van der Waals surface area contributed by atoms with Crippen molar-refractivity contribution in [3.63, 3.8) is 0 Å². The van der Waals surface area contributed by atoms with Gasteiger partial charge in [0.1, 0.15) is 5.69 Å². The van der Waals surface area contributed by atoms with Crippen LogP contribution in [0.3, 0.4) is 0 Å². The Bertz CT molecular complexity index is 610. The Morgan fingerprint density at radius 1 is 1.19 bits per heavy atom. The molecule has 21 heavy (non-hydrogen) atoms. The van der Waals surface area contributed by atoms with Gasteiger partial charge in [0.15, 0.2) is 0 Å². The zero-order valence-corrected chi connectivity index (χ0v) is 12.3. The van der Waals surface area contributed by atoms with Crippen molar-refractivity contribution >= 4 is 5.91 Å². The molecule has 1 heterocycles. The quantitative estimate of drug-likeness (QED) is 0.934. The second-order valence-electron chi connectivity index (χ2n) is 5.75. The fraction of sp³-hybridized carbons (Fsp3) is 0.412. The first kappa shape index (κ1) is 13.9. The third-order valence-corrected chi connectivity index (χ3v) is 4.02. The molecule has 110 valence electrons. The first-order valence-electron chi connectivity index (χ1n) is 7.57. The van der Waals surface area contributed by atoms with Crippen molar-refractivity contribution in [2.45, 2.75) is 45.1 Å². The Hall–Kier alpha value is -2.10. The van der Waals surface area contributed by atoms with Gasteiger partial charge in [-0.3, -0.25) is 4.79 Å². The highest BCUT2D eigenvalue weighted by Gasteiger charge is 2.19. The van der Waals surface area contributed by atoms with Gasteiger partial charge in [0.2, 0.25) is 5.76 Å². The lowest BCUT2D eigenvalue weighted by molar-refractivity contribution is 0.0890. The van der Waals surface area contributed by atoms with Crippen LogP contribution in [0.25, 0.3) is 11.3 Å². The fourth-order valence-corrected chi connectivity index (χ4v) is 2.75. The van der Waals surface area contributed by atoms with Crippen LogP contribution in [-0.4, -0.2) is 17.1 Å². The molecule has 2 aromatic rings. The summed E-state index contributed by atoms with van der Waals surface area (Å²) in [6.07, 6.45) is 5.77. The third-order valence-electron chi connectivity index (χ3n) is 4.02. The Balaban J connectivity index is 1.69. The zero-order chi connectivity index (χ0) is 14.7. The summed E-state index contributed by atoms with van der Waals surface area (Å²) in [5.41, 5.74) is 2.85. The van der Waals surface area contributed by atoms with Gasteiger partial charge in [0.25, 0.3) is 5.91 Å². The molecule has 0 unspecified atom stereocenters. The van der Waals surface area contributed by atoms with E-state index < -0.39 is 0 Å². The molecule has 4 heteroatoms. The molecule has 3 rings (SSSR count). The molecule has 1 aliphatic rings. The summed E-state index contributed by atoms with van der Waals surface area (Å²) < 4.78 is 5.19. The van der Waals surface area contributed by atoms with E-state index in [1.54, 1.807) is 6.07 Å². The van der Waals surface area contributed by atoms with Crippen molar-refractivity contribution in [3.05, 3.63) is 41.7 Å². The van der Waals surface area contributed by atoms with Gasteiger partial charge >= 0.3 is 0 Å². The van der Waals surface area contributed by atoms with Crippen LogP contribution >= 0.6 is 0 Å². The van der Waals surface area contributed by atoms with Crippen molar-refractivity contribution < 1.29 is 9.32 Å². The molecule has 1 saturated carbocycles. The minimum Gasteiger partial charge on any atom is -0.350 e. The molecule has 0 aliphatic heterocycles. The summed E-state index contributed by atoms with van der Waals surface area (Å²) in [5, 5.41) is 7.03. The predicted octanol–water partition coefficient (Wildman–Crippen LogP) is 3.71. The molecule has 1 N–H and O–H groups in total. The van der Waals surface area contributed by atoms with Gasteiger partial charge in [-0.25, -0.2) is 0 Å². The average molecular weight is 284 g/mol. The number of rotatable bonds is 3. The second kappa shape index (κ2) is 6.12. The summed E-state index contributed by atoms with van der Waals surface area (Å²) >= 11 is 0. The van der Waals surface area contributed by atoms with Gasteiger partial charge in [0, 0.05) is 17.7 Å². The number of hydrogen-bond donors (Lipinski definition) is 1. The molecule has 0 radical (unpaired) electrons. The maximum atomic E-state index is 12.2. The lowest BCUT2D eigenvalue weighted by Gasteiger charge is -2.21. The normalized spacial score (nSPS) is 15.9. The molecule has 0 bridgehead atoms. The van der Waals surface area contributed by atoms with E-state index in [-0.39, 0.29) is 17.7 Å². The smallest absolute Gasteiger partial charge is 0.290 e. The number of carbonyl (C=O) groups is 1. The summed E-state index contributed by atoms with van der Waals surface area (Å²) in [5.74, 6) is 0.129. The number of benzene rings is 1. The van der Waals surface area contributed by atoms with Gasteiger partial charge in [-0.1, -0.05) is 54.2 Å². The number of amides is 1. The van der Waals surface area contributed by atoms with Gasteiger partial charge in [-0.15, -0.1) is 0 Å². The minimum absolute atomic E-state index is 0.159. The topological polar surface area (TPSA) is 55.1 Å². The van der Waals surface area contributed by atoms with Gasteiger partial charge in [-0.2, -0.15) is 0 Å². The van der Waals surface area contributed by atoms with E-state index >= 15 is 0 Å². The second-order valence-corrected chi connectivity index (χ2v) is 5.75. The van der Waals surface area contributed by atoms with Crippen LogP contribution in [0.5, 0.6) is 0 Å². The molecule has 1 aromatic heterocycles. The molecule has 4 nitrogen and oxygen atoms in total. The van der Waals surface area contributed by atoms with Crippen molar-refractivity contribution in [2.24, 2.45) is 0 Å². The van der Waals surface area contributed by atoms with Crippen molar-refractivity contribution in [1.29, 1.82) is 0 Å². The van der Waals surface area contributed by atoms with E-state index in [0.717, 1.165) is 18.4 Å². The third kappa shape index (κ3) is 3.32. The van der Waals surface area contributed by atoms with E-state index in [4.69, 9.17) is 4.52 Å². The van der Waals surface area contributed by atoms with Crippen LogP contribution in [0.2, 0.25) is 0 Å². The first-order valence-corrected chi connectivity index (χ1v) is 7.57. The van der Waals surface area contributed by atoms with E-state index in [1.165, 1.54) is 24.8 Å². The Labute approximate surface area is 124 Å². The molecule has 1 aliphatic carbocycles. The first-order chi connectivity index (χ1) is 10.2. The van der Waals surface area contributed by atoms with E-state index in [1.807, 2.05) is 31.2 Å². The van der Waals surface area contributed by atoms with Crippen molar-refractivity contribution in [2.75, 3.05) is 0 Å². The maximum Gasteiger partial charge on any atom is 0.290 e. The summed E-state index contributed by atoms with van der Waals surface area (Å²) in [4.78, 5) is 12.2. The molecular weight excluding hydrogens is 264 g/mol. The molecule has 0 atom stereocenters. The van der Waals surface area contributed by atoms with Gasteiger partial charge in [0.05, 0.1) is 0 Å². The average Bonchev–Trinajstić information content (AvgIpc) is 2.99. The van der Waals surface area contributed by atoms with E-state index in [9.17, 15) is 4.79 Å². The molecule has 0 spiro atoms. The number of nitrogens with one attached hydrogen (secondary N) is 1. The highest BCUT2D eigenvalue weighted by Crippen LogP contribution is 2.21. The Morgan fingerprint density at radius 2 is 1.90 bits per heavy atom. The number of aromatic nitrogens is 1. The van der Waals surface area contributed by atoms with Crippen LogP contribution in [0.1, 0.15) is 48.2 Å². The highest BCUT2D eigenvalue weighted by molar-refractivity contribution is 5.92.